The van der Waals surface area contributed by atoms with Gasteiger partial charge in [-0.3, -0.25) is 10.1 Å². The van der Waals surface area contributed by atoms with E-state index in [4.69, 9.17) is 14.2 Å². The lowest BCUT2D eigenvalue weighted by atomic mass is 10.2. The lowest BCUT2D eigenvalue weighted by Crippen LogP contribution is -2.37. The van der Waals surface area contributed by atoms with Crippen molar-refractivity contribution in [1.82, 2.24) is 9.97 Å². The Morgan fingerprint density at radius 2 is 1.96 bits per heavy atom. The summed E-state index contributed by atoms with van der Waals surface area (Å²) in [5.41, 5.74) is 0.445. The SMILES string of the molecule is O=[N+]([O-])c1c(Nc2ccc3c(c2)OCO3)ncnc1N1CCOCC1. The van der Waals surface area contributed by atoms with Crippen LogP contribution in [0.1, 0.15) is 0 Å². The number of benzene rings is 1. The van der Waals surface area contributed by atoms with Crippen LogP contribution in [0.2, 0.25) is 0 Å². The van der Waals surface area contributed by atoms with E-state index in [9.17, 15) is 10.1 Å². The van der Waals surface area contributed by atoms with E-state index in [1.54, 1.807) is 18.2 Å². The first-order valence-corrected chi connectivity index (χ1v) is 7.71. The van der Waals surface area contributed by atoms with Gasteiger partial charge in [0, 0.05) is 24.8 Å². The van der Waals surface area contributed by atoms with E-state index in [2.05, 4.69) is 15.3 Å². The Morgan fingerprint density at radius 1 is 1.16 bits per heavy atom. The maximum absolute atomic E-state index is 11.6. The summed E-state index contributed by atoms with van der Waals surface area (Å²) in [4.78, 5) is 21.2. The van der Waals surface area contributed by atoms with Gasteiger partial charge in [0.25, 0.3) is 0 Å². The van der Waals surface area contributed by atoms with Gasteiger partial charge in [0.2, 0.25) is 18.4 Å². The van der Waals surface area contributed by atoms with Crippen LogP contribution in [-0.2, 0) is 4.74 Å². The Labute approximate surface area is 142 Å². The number of anilines is 3. The molecule has 2 aliphatic heterocycles. The Morgan fingerprint density at radius 3 is 2.76 bits per heavy atom. The van der Waals surface area contributed by atoms with Gasteiger partial charge in [-0.15, -0.1) is 0 Å². The number of nitrogens with one attached hydrogen (secondary N) is 1. The summed E-state index contributed by atoms with van der Waals surface area (Å²) in [5.74, 6) is 1.62. The summed E-state index contributed by atoms with van der Waals surface area (Å²) < 4.78 is 15.9. The van der Waals surface area contributed by atoms with Crippen LogP contribution in [0.25, 0.3) is 0 Å². The van der Waals surface area contributed by atoms with E-state index in [-0.39, 0.29) is 24.1 Å². The zero-order valence-electron chi connectivity index (χ0n) is 13.2. The zero-order valence-corrected chi connectivity index (χ0v) is 13.2. The third-order valence-electron chi connectivity index (χ3n) is 3.93. The zero-order chi connectivity index (χ0) is 17.2. The first kappa shape index (κ1) is 15.4. The van der Waals surface area contributed by atoms with Gasteiger partial charge in [0.1, 0.15) is 6.33 Å². The van der Waals surface area contributed by atoms with Gasteiger partial charge in [0.15, 0.2) is 11.5 Å². The van der Waals surface area contributed by atoms with Gasteiger partial charge in [-0.05, 0) is 12.1 Å². The van der Waals surface area contributed by atoms with Crippen LogP contribution in [0.5, 0.6) is 11.5 Å². The van der Waals surface area contributed by atoms with Gasteiger partial charge in [-0.2, -0.15) is 0 Å². The first-order valence-electron chi connectivity index (χ1n) is 7.71. The highest BCUT2D eigenvalue weighted by Crippen LogP contribution is 2.37. The Balaban J connectivity index is 1.68. The molecule has 2 aromatic rings. The molecular formula is C15H15N5O5. The molecule has 0 atom stereocenters. The highest BCUT2D eigenvalue weighted by atomic mass is 16.7. The van der Waals surface area contributed by atoms with Crippen molar-refractivity contribution in [2.24, 2.45) is 0 Å². The molecule has 0 saturated carbocycles. The van der Waals surface area contributed by atoms with E-state index in [1.807, 2.05) is 4.90 Å². The van der Waals surface area contributed by atoms with E-state index in [0.717, 1.165) is 0 Å². The molecule has 3 heterocycles. The number of nitrogens with zero attached hydrogens (tertiary/aromatic N) is 4. The highest BCUT2D eigenvalue weighted by molar-refractivity contribution is 5.75. The van der Waals surface area contributed by atoms with Crippen LogP contribution in [0.3, 0.4) is 0 Å². The Bertz CT molecular complexity index is 809. The molecule has 2 aliphatic rings. The molecule has 10 heteroatoms. The van der Waals surface area contributed by atoms with Crippen molar-refractivity contribution < 1.29 is 19.1 Å². The molecule has 1 fully saturated rings. The van der Waals surface area contributed by atoms with Crippen molar-refractivity contribution >= 4 is 23.0 Å². The van der Waals surface area contributed by atoms with Crippen molar-refractivity contribution in [1.29, 1.82) is 0 Å². The minimum atomic E-state index is -0.472. The predicted octanol–water partition coefficient (Wildman–Crippen LogP) is 1.69. The highest BCUT2D eigenvalue weighted by Gasteiger charge is 2.28. The van der Waals surface area contributed by atoms with Gasteiger partial charge < -0.3 is 24.4 Å². The second-order valence-electron chi connectivity index (χ2n) is 5.44. The van der Waals surface area contributed by atoms with Gasteiger partial charge in [-0.25, -0.2) is 9.97 Å². The number of rotatable bonds is 4. The van der Waals surface area contributed by atoms with Crippen molar-refractivity contribution in [2.45, 2.75) is 0 Å². The fourth-order valence-corrected chi connectivity index (χ4v) is 2.75. The molecule has 10 nitrogen and oxygen atoms in total. The van der Waals surface area contributed by atoms with E-state index >= 15 is 0 Å². The molecule has 0 spiro atoms. The smallest absolute Gasteiger partial charge is 0.353 e. The molecule has 0 unspecified atom stereocenters. The van der Waals surface area contributed by atoms with Crippen LogP contribution in [0, 0.1) is 10.1 Å². The standard InChI is InChI=1S/C15H15N5O5/c21-20(22)13-14(16-8-17-15(13)19-3-5-23-6-4-19)18-10-1-2-11-12(7-10)25-9-24-11/h1-2,7-8H,3-6,9H2,(H,16,17,18). The van der Waals surface area contributed by atoms with Crippen LogP contribution in [-0.4, -0.2) is 48.0 Å². The predicted molar refractivity (Wildman–Crippen MR) is 87.6 cm³/mol. The number of ether oxygens (including phenoxy) is 3. The maximum Gasteiger partial charge on any atom is 0.353 e. The van der Waals surface area contributed by atoms with Gasteiger partial charge in [0.05, 0.1) is 18.1 Å². The minimum absolute atomic E-state index is 0.125. The summed E-state index contributed by atoms with van der Waals surface area (Å²) in [6, 6.07) is 5.19. The molecule has 1 saturated heterocycles. The summed E-state index contributed by atoms with van der Waals surface area (Å²) >= 11 is 0. The van der Waals surface area contributed by atoms with Crippen molar-refractivity contribution in [3.05, 3.63) is 34.6 Å². The molecule has 1 aromatic carbocycles. The summed E-state index contributed by atoms with van der Waals surface area (Å²) in [5, 5.41) is 14.6. The van der Waals surface area contributed by atoms with E-state index < -0.39 is 4.92 Å². The summed E-state index contributed by atoms with van der Waals surface area (Å²) in [6.07, 6.45) is 1.31. The lowest BCUT2D eigenvalue weighted by Gasteiger charge is -2.27. The number of hydrogen-bond donors (Lipinski definition) is 1. The average Bonchev–Trinajstić information content (AvgIpc) is 3.10. The fourth-order valence-electron chi connectivity index (χ4n) is 2.75. The summed E-state index contributed by atoms with van der Waals surface area (Å²) in [7, 11) is 0. The number of morpholine rings is 1. The Hall–Kier alpha value is -3.14. The fraction of sp³-hybridized carbons (Fsp3) is 0.333. The average molecular weight is 345 g/mol. The van der Waals surface area contributed by atoms with E-state index in [0.29, 0.717) is 43.5 Å². The van der Waals surface area contributed by atoms with Crippen LogP contribution >= 0.6 is 0 Å². The third kappa shape index (κ3) is 2.98. The Kier molecular flexibility index (Phi) is 3.94. The molecule has 130 valence electrons. The maximum atomic E-state index is 11.6. The normalized spacial score (nSPS) is 15.9. The number of nitro groups is 1. The van der Waals surface area contributed by atoms with Crippen molar-refractivity contribution in [3.63, 3.8) is 0 Å². The third-order valence-corrected chi connectivity index (χ3v) is 3.93. The topological polar surface area (TPSA) is 112 Å². The number of fused-ring (bicyclic) bond motifs is 1. The minimum Gasteiger partial charge on any atom is -0.454 e. The van der Waals surface area contributed by atoms with Crippen molar-refractivity contribution in [3.8, 4) is 11.5 Å². The monoisotopic (exact) mass is 345 g/mol. The lowest BCUT2D eigenvalue weighted by molar-refractivity contribution is -0.383. The molecule has 1 N–H and O–H groups in total. The molecule has 25 heavy (non-hydrogen) atoms. The quantitative estimate of drug-likeness (QED) is 0.653. The first-order chi connectivity index (χ1) is 12.2. The van der Waals surface area contributed by atoms with E-state index in [1.165, 1.54) is 6.33 Å². The number of hydrogen-bond acceptors (Lipinski definition) is 9. The van der Waals surface area contributed by atoms with Gasteiger partial charge in [-0.1, -0.05) is 0 Å². The van der Waals surface area contributed by atoms with Crippen molar-refractivity contribution in [2.75, 3.05) is 43.3 Å². The summed E-state index contributed by atoms with van der Waals surface area (Å²) in [6.45, 7) is 2.26. The van der Waals surface area contributed by atoms with Crippen LogP contribution in [0.15, 0.2) is 24.5 Å². The molecule has 1 aromatic heterocycles. The molecule has 4 rings (SSSR count). The van der Waals surface area contributed by atoms with Gasteiger partial charge >= 0.3 is 5.69 Å². The largest absolute Gasteiger partial charge is 0.454 e. The molecule has 0 aliphatic carbocycles. The second-order valence-corrected chi connectivity index (χ2v) is 5.44. The molecule has 0 amide bonds. The second kappa shape index (κ2) is 6.40. The number of aromatic nitrogens is 2. The molecule has 0 radical (unpaired) electrons. The van der Waals surface area contributed by atoms with Crippen LogP contribution < -0.4 is 19.7 Å². The van der Waals surface area contributed by atoms with Crippen LogP contribution in [0.4, 0.5) is 23.0 Å². The molecular weight excluding hydrogens is 330 g/mol. The molecule has 0 bridgehead atoms.